The van der Waals surface area contributed by atoms with Gasteiger partial charge >= 0.3 is 6.09 Å². The van der Waals surface area contributed by atoms with Crippen molar-refractivity contribution in [3.8, 4) is 0 Å². The normalized spacial score (nSPS) is 26.2. The quantitative estimate of drug-likeness (QED) is 0.514. The highest BCUT2D eigenvalue weighted by atomic mass is 32.3. The Balaban J connectivity index is 2.42. The third kappa shape index (κ3) is 2.25. The Morgan fingerprint density at radius 1 is 1.27 bits per heavy atom. The van der Waals surface area contributed by atoms with E-state index in [9.17, 15) is 4.79 Å². The van der Waals surface area contributed by atoms with Gasteiger partial charge in [-0.25, -0.2) is 4.79 Å². The van der Waals surface area contributed by atoms with Gasteiger partial charge in [0.05, 0.1) is 11.5 Å². The van der Waals surface area contributed by atoms with Crippen molar-refractivity contribution in [2.45, 2.75) is 0 Å². The van der Waals surface area contributed by atoms with Crippen molar-refractivity contribution in [2.75, 3.05) is 24.6 Å². The van der Waals surface area contributed by atoms with Crippen LogP contribution in [0.25, 0.3) is 0 Å². The molecule has 11 heavy (non-hydrogen) atoms. The highest BCUT2D eigenvalue weighted by molar-refractivity contribution is 8.24. The summed E-state index contributed by atoms with van der Waals surface area (Å²) in [7, 11) is -2.45. The van der Waals surface area contributed by atoms with Gasteiger partial charge < -0.3 is 10.0 Å². The van der Waals surface area contributed by atoms with Crippen LogP contribution >= 0.6 is 10.6 Å². The highest BCUT2D eigenvalue weighted by Crippen LogP contribution is 2.40. The molecule has 5 nitrogen and oxygen atoms in total. The largest absolute Gasteiger partial charge is 0.465 e. The molecule has 1 rings (SSSR count). The minimum absolute atomic E-state index is 0.180. The first-order valence-corrected chi connectivity index (χ1v) is 5.11. The predicted molar refractivity (Wildman–Crippen MR) is 42.2 cm³/mol. The predicted octanol–water partition coefficient (Wildman–Crippen LogP) is 0.731. The van der Waals surface area contributed by atoms with Crippen LogP contribution in [-0.2, 0) is 0 Å². The van der Waals surface area contributed by atoms with E-state index in [0.29, 0.717) is 0 Å². The van der Waals surface area contributed by atoms with Crippen molar-refractivity contribution in [3.63, 3.8) is 0 Å². The molecule has 0 radical (unpaired) electrons. The fraction of sp³-hybridized carbons (Fsp3) is 0.800. The van der Waals surface area contributed by atoms with Crippen LogP contribution in [0.3, 0.4) is 0 Å². The van der Waals surface area contributed by atoms with E-state index in [2.05, 4.69) is 0 Å². The lowest BCUT2D eigenvalue weighted by atomic mass is 10.5. The molecule has 1 saturated heterocycles. The summed E-state index contributed by atoms with van der Waals surface area (Å²) in [5, 5.41) is 8.48. The number of hydrogen-bond donors (Lipinski definition) is 3. The standard InChI is InChI=1S/C5H11NO4S/c7-5(8)6-1-3-11(9,10)4-2-6/h9-10H,1-4H2,(H,7,8). The van der Waals surface area contributed by atoms with Gasteiger partial charge in [0, 0.05) is 13.1 Å². The van der Waals surface area contributed by atoms with E-state index in [1.807, 2.05) is 0 Å². The summed E-state index contributed by atoms with van der Waals surface area (Å²) >= 11 is 0. The van der Waals surface area contributed by atoms with Crippen LogP contribution in [0.1, 0.15) is 0 Å². The lowest BCUT2D eigenvalue weighted by Gasteiger charge is -2.39. The zero-order valence-corrected chi connectivity index (χ0v) is 6.75. The molecule has 0 aromatic rings. The fourth-order valence-electron chi connectivity index (χ4n) is 0.918. The molecule has 1 amide bonds. The molecule has 0 atom stereocenters. The van der Waals surface area contributed by atoms with Crippen LogP contribution in [-0.4, -0.2) is 49.8 Å². The fourth-order valence-corrected chi connectivity index (χ4v) is 2.15. The molecule has 0 aromatic carbocycles. The molecule has 0 aromatic heterocycles. The molecule has 1 aliphatic heterocycles. The van der Waals surface area contributed by atoms with Gasteiger partial charge in [-0.15, -0.1) is 0 Å². The number of carbonyl (C=O) groups is 1. The van der Waals surface area contributed by atoms with Crippen molar-refractivity contribution < 1.29 is 19.0 Å². The SMILES string of the molecule is O=C(O)N1CCS(O)(O)CC1. The van der Waals surface area contributed by atoms with E-state index < -0.39 is 16.7 Å². The van der Waals surface area contributed by atoms with Crippen LogP contribution < -0.4 is 0 Å². The van der Waals surface area contributed by atoms with E-state index in [0.717, 1.165) is 0 Å². The van der Waals surface area contributed by atoms with Crippen LogP contribution in [0.2, 0.25) is 0 Å². The van der Waals surface area contributed by atoms with Crippen LogP contribution in [0, 0.1) is 0 Å². The van der Waals surface area contributed by atoms with Gasteiger partial charge in [0.1, 0.15) is 0 Å². The van der Waals surface area contributed by atoms with Gasteiger partial charge in [-0.3, -0.25) is 9.11 Å². The molecule has 3 N–H and O–H groups in total. The Morgan fingerprint density at radius 2 is 1.73 bits per heavy atom. The first-order valence-electron chi connectivity index (χ1n) is 3.23. The van der Waals surface area contributed by atoms with Gasteiger partial charge in [0.15, 0.2) is 0 Å². The topological polar surface area (TPSA) is 81.0 Å². The third-order valence-electron chi connectivity index (χ3n) is 1.65. The monoisotopic (exact) mass is 181 g/mol. The lowest BCUT2D eigenvalue weighted by Crippen LogP contribution is -2.41. The molecule has 0 aliphatic carbocycles. The van der Waals surface area contributed by atoms with Crippen molar-refractivity contribution in [2.24, 2.45) is 0 Å². The van der Waals surface area contributed by atoms with Crippen LogP contribution in [0.4, 0.5) is 4.79 Å². The Kier molecular flexibility index (Phi) is 2.26. The van der Waals surface area contributed by atoms with Gasteiger partial charge in [-0.2, -0.15) is 10.6 Å². The summed E-state index contributed by atoms with van der Waals surface area (Å²) in [4.78, 5) is 11.5. The maximum atomic E-state index is 10.3. The minimum atomic E-state index is -2.45. The third-order valence-corrected chi connectivity index (χ3v) is 3.32. The Hall–Kier alpha value is -0.460. The first kappa shape index (κ1) is 8.63. The average Bonchev–Trinajstić information content (AvgIpc) is 1.86. The maximum absolute atomic E-state index is 10.3. The van der Waals surface area contributed by atoms with Crippen LogP contribution in [0.5, 0.6) is 0 Å². The second-order valence-corrected chi connectivity index (χ2v) is 4.90. The number of rotatable bonds is 0. The molecule has 0 saturated carbocycles. The van der Waals surface area contributed by atoms with Gasteiger partial charge in [0.2, 0.25) is 0 Å². The van der Waals surface area contributed by atoms with Crippen molar-refractivity contribution in [1.82, 2.24) is 4.90 Å². The van der Waals surface area contributed by atoms with Gasteiger partial charge in [-0.1, -0.05) is 0 Å². The highest BCUT2D eigenvalue weighted by Gasteiger charge is 2.24. The number of nitrogens with zero attached hydrogens (tertiary/aromatic N) is 1. The molecule has 1 aliphatic rings. The zero-order valence-electron chi connectivity index (χ0n) is 5.93. The summed E-state index contributed by atoms with van der Waals surface area (Å²) < 4.78 is 18.2. The van der Waals surface area contributed by atoms with Crippen molar-refractivity contribution >= 4 is 16.7 Å². The number of hydrogen-bond acceptors (Lipinski definition) is 3. The molecule has 6 heteroatoms. The molecular weight excluding hydrogens is 170 g/mol. The summed E-state index contributed by atoms with van der Waals surface area (Å²) in [5.74, 6) is 0.360. The molecule has 0 unspecified atom stereocenters. The summed E-state index contributed by atoms with van der Waals surface area (Å²) in [5.41, 5.74) is 0. The minimum Gasteiger partial charge on any atom is -0.465 e. The Morgan fingerprint density at radius 3 is 2.09 bits per heavy atom. The molecule has 66 valence electrons. The summed E-state index contributed by atoms with van der Waals surface area (Å²) in [6.45, 7) is 0.468. The average molecular weight is 181 g/mol. The second-order valence-electron chi connectivity index (χ2n) is 2.48. The van der Waals surface area contributed by atoms with E-state index >= 15 is 0 Å². The Bertz CT molecular complexity index is 162. The molecule has 0 bridgehead atoms. The molecular formula is C5H11NO4S. The van der Waals surface area contributed by atoms with Crippen LogP contribution in [0.15, 0.2) is 0 Å². The number of amides is 1. The lowest BCUT2D eigenvalue weighted by molar-refractivity contribution is 0.148. The van der Waals surface area contributed by atoms with E-state index in [1.54, 1.807) is 0 Å². The van der Waals surface area contributed by atoms with E-state index in [-0.39, 0.29) is 24.6 Å². The van der Waals surface area contributed by atoms with E-state index in [4.69, 9.17) is 14.2 Å². The first-order chi connectivity index (χ1) is 5.01. The van der Waals surface area contributed by atoms with Gasteiger partial charge in [-0.05, 0) is 0 Å². The molecule has 0 spiro atoms. The van der Waals surface area contributed by atoms with Gasteiger partial charge in [0.25, 0.3) is 0 Å². The zero-order chi connectivity index (χ0) is 8.48. The second kappa shape index (κ2) is 2.88. The summed E-state index contributed by atoms with van der Waals surface area (Å²) in [6.07, 6.45) is -0.986. The molecule has 1 heterocycles. The smallest absolute Gasteiger partial charge is 0.407 e. The summed E-state index contributed by atoms with van der Waals surface area (Å²) in [6, 6.07) is 0. The maximum Gasteiger partial charge on any atom is 0.407 e. The van der Waals surface area contributed by atoms with E-state index in [1.165, 1.54) is 4.90 Å². The van der Waals surface area contributed by atoms with Crippen molar-refractivity contribution in [1.29, 1.82) is 0 Å². The number of carboxylic acid groups (broad SMARTS) is 1. The van der Waals surface area contributed by atoms with Crippen molar-refractivity contribution in [3.05, 3.63) is 0 Å². The molecule has 1 fully saturated rings. The Labute approximate surface area is 66.0 Å².